The van der Waals surface area contributed by atoms with Gasteiger partial charge in [0.25, 0.3) is 5.91 Å². The summed E-state index contributed by atoms with van der Waals surface area (Å²) in [6.07, 6.45) is 0. The molecule has 0 aliphatic carbocycles. The van der Waals surface area contributed by atoms with Crippen LogP contribution in [0.15, 0.2) is 47.2 Å². The number of anilines is 2. The SMILES string of the molecule is CCOC(=O)c1c(-c2cccs2)csc1NC(=O)COC(=O)c1ccccc1NCCO. The van der Waals surface area contributed by atoms with E-state index in [1.807, 2.05) is 17.5 Å². The minimum absolute atomic E-state index is 0.0944. The molecule has 1 aromatic carbocycles. The zero-order valence-corrected chi connectivity index (χ0v) is 18.9. The number of rotatable bonds is 10. The molecular formula is C22H22N2O6S2. The molecule has 3 rings (SSSR count). The molecule has 8 nitrogen and oxygen atoms in total. The summed E-state index contributed by atoms with van der Waals surface area (Å²) < 4.78 is 10.3. The van der Waals surface area contributed by atoms with Crippen molar-refractivity contribution >= 4 is 51.2 Å². The average molecular weight is 475 g/mol. The van der Waals surface area contributed by atoms with Crippen LogP contribution in [0.1, 0.15) is 27.6 Å². The number of aliphatic hydroxyl groups excluding tert-OH is 1. The highest BCUT2D eigenvalue weighted by Gasteiger charge is 2.24. The molecule has 2 heterocycles. The maximum absolute atomic E-state index is 12.5. The second kappa shape index (κ2) is 11.4. The molecule has 0 saturated heterocycles. The number of carbonyl (C=O) groups is 3. The lowest BCUT2D eigenvalue weighted by atomic mass is 10.1. The lowest BCUT2D eigenvalue weighted by Crippen LogP contribution is -2.22. The maximum atomic E-state index is 12.5. The van der Waals surface area contributed by atoms with Crippen LogP contribution in [0.2, 0.25) is 0 Å². The molecule has 0 unspecified atom stereocenters. The van der Waals surface area contributed by atoms with Gasteiger partial charge in [-0.05, 0) is 30.5 Å². The van der Waals surface area contributed by atoms with Crippen molar-refractivity contribution in [2.75, 3.05) is 37.0 Å². The fourth-order valence-corrected chi connectivity index (χ4v) is 4.63. The standard InChI is InChI=1S/C22H22N2O6S2/c1-2-29-22(28)19-15(17-8-5-11-31-17)13-32-20(19)24-18(26)12-30-21(27)14-6-3-4-7-16(14)23-9-10-25/h3-8,11,13,23,25H,2,9-10,12H2,1H3,(H,24,26). The van der Waals surface area contributed by atoms with Crippen molar-refractivity contribution in [3.8, 4) is 10.4 Å². The van der Waals surface area contributed by atoms with Gasteiger partial charge in [0.15, 0.2) is 6.61 Å². The van der Waals surface area contributed by atoms with Gasteiger partial charge in [-0.3, -0.25) is 4.79 Å². The second-order valence-corrected chi connectivity index (χ2v) is 8.20. The average Bonchev–Trinajstić information content (AvgIpc) is 3.46. The Bertz CT molecular complexity index is 1080. The number of ether oxygens (including phenoxy) is 2. The van der Waals surface area contributed by atoms with Gasteiger partial charge in [-0.2, -0.15) is 0 Å². The summed E-state index contributed by atoms with van der Waals surface area (Å²) in [5.74, 6) is -1.80. The van der Waals surface area contributed by atoms with Gasteiger partial charge in [0.05, 0.1) is 18.8 Å². The Balaban J connectivity index is 1.69. The number of carbonyl (C=O) groups excluding carboxylic acids is 3. The normalized spacial score (nSPS) is 10.4. The lowest BCUT2D eigenvalue weighted by molar-refractivity contribution is -0.119. The number of nitrogens with one attached hydrogen (secondary N) is 2. The van der Waals surface area contributed by atoms with E-state index in [-0.39, 0.29) is 30.9 Å². The highest BCUT2D eigenvalue weighted by atomic mass is 32.1. The Morgan fingerprint density at radius 1 is 1.03 bits per heavy atom. The first-order chi connectivity index (χ1) is 15.5. The fourth-order valence-electron chi connectivity index (χ4n) is 2.85. The highest BCUT2D eigenvalue weighted by molar-refractivity contribution is 7.17. The van der Waals surface area contributed by atoms with Crippen LogP contribution in [0.25, 0.3) is 10.4 Å². The molecule has 32 heavy (non-hydrogen) atoms. The number of hydrogen-bond donors (Lipinski definition) is 3. The van der Waals surface area contributed by atoms with Crippen LogP contribution in [0, 0.1) is 0 Å². The monoisotopic (exact) mass is 474 g/mol. The van der Waals surface area contributed by atoms with E-state index in [2.05, 4.69) is 10.6 Å². The first-order valence-corrected chi connectivity index (χ1v) is 11.5. The minimum Gasteiger partial charge on any atom is -0.462 e. The van der Waals surface area contributed by atoms with Gasteiger partial charge in [-0.15, -0.1) is 22.7 Å². The second-order valence-electron chi connectivity index (χ2n) is 6.37. The molecule has 3 N–H and O–H groups in total. The smallest absolute Gasteiger partial charge is 0.341 e. The first kappa shape index (κ1) is 23.5. The summed E-state index contributed by atoms with van der Waals surface area (Å²) in [5.41, 5.74) is 1.70. The molecule has 0 fully saturated rings. The van der Waals surface area contributed by atoms with E-state index in [4.69, 9.17) is 14.6 Å². The van der Waals surface area contributed by atoms with Crippen LogP contribution in [-0.2, 0) is 14.3 Å². The summed E-state index contributed by atoms with van der Waals surface area (Å²) in [5, 5.41) is 18.5. The molecule has 0 aliphatic rings. The Morgan fingerprint density at radius 2 is 1.84 bits per heavy atom. The minimum atomic E-state index is -0.683. The third-order valence-corrected chi connectivity index (χ3v) is 6.02. The molecular weight excluding hydrogens is 452 g/mol. The summed E-state index contributed by atoms with van der Waals surface area (Å²) >= 11 is 2.67. The van der Waals surface area contributed by atoms with Crippen LogP contribution < -0.4 is 10.6 Å². The van der Waals surface area contributed by atoms with E-state index in [9.17, 15) is 14.4 Å². The third-order valence-electron chi connectivity index (χ3n) is 4.22. The number of aliphatic hydroxyl groups is 1. The number of thiophene rings is 2. The molecule has 1 amide bonds. The predicted molar refractivity (Wildman–Crippen MR) is 125 cm³/mol. The zero-order chi connectivity index (χ0) is 22.9. The van der Waals surface area contributed by atoms with Crippen LogP contribution in [0.4, 0.5) is 10.7 Å². The van der Waals surface area contributed by atoms with Gasteiger partial charge in [0.1, 0.15) is 10.6 Å². The molecule has 2 aromatic heterocycles. The molecule has 0 saturated carbocycles. The summed E-state index contributed by atoms with van der Waals surface area (Å²) in [6.45, 7) is 1.56. The lowest BCUT2D eigenvalue weighted by Gasteiger charge is -2.11. The van der Waals surface area contributed by atoms with Gasteiger partial charge in [0, 0.05) is 28.1 Å². The number of benzene rings is 1. The van der Waals surface area contributed by atoms with Crippen molar-refractivity contribution in [2.45, 2.75) is 6.92 Å². The Morgan fingerprint density at radius 3 is 2.56 bits per heavy atom. The van der Waals surface area contributed by atoms with Gasteiger partial charge in [-0.1, -0.05) is 18.2 Å². The quantitative estimate of drug-likeness (QED) is 0.382. The van der Waals surface area contributed by atoms with E-state index < -0.39 is 24.5 Å². The van der Waals surface area contributed by atoms with Crippen LogP contribution in [0.3, 0.4) is 0 Å². The van der Waals surface area contributed by atoms with E-state index >= 15 is 0 Å². The molecule has 10 heteroatoms. The Kier molecular flexibility index (Phi) is 8.37. The molecule has 0 atom stereocenters. The van der Waals surface area contributed by atoms with Crippen LogP contribution >= 0.6 is 22.7 Å². The summed E-state index contributed by atoms with van der Waals surface area (Å²) in [4.78, 5) is 38.3. The molecule has 3 aromatic rings. The van der Waals surface area contributed by atoms with Crippen molar-refractivity contribution in [1.82, 2.24) is 0 Å². The van der Waals surface area contributed by atoms with E-state index in [1.165, 1.54) is 22.7 Å². The zero-order valence-electron chi connectivity index (χ0n) is 17.3. The molecule has 0 radical (unpaired) electrons. The molecule has 0 aliphatic heterocycles. The summed E-state index contributed by atoms with van der Waals surface area (Å²) in [6, 6.07) is 10.4. The van der Waals surface area contributed by atoms with E-state index in [0.717, 1.165) is 4.88 Å². The van der Waals surface area contributed by atoms with Crippen LogP contribution in [0.5, 0.6) is 0 Å². The third kappa shape index (κ3) is 5.72. The van der Waals surface area contributed by atoms with Gasteiger partial charge in [-0.25, -0.2) is 9.59 Å². The largest absolute Gasteiger partial charge is 0.462 e. The Hall–Kier alpha value is -3.21. The molecule has 0 spiro atoms. The van der Waals surface area contributed by atoms with Crippen molar-refractivity contribution in [3.63, 3.8) is 0 Å². The number of para-hydroxylation sites is 1. The van der Waals surface area contributed by atoms with Crippen molar-refractivity contribution in [1.29, 1.82) is 0 Å². The van der Waals surface area contributed by atoms with E-state index in [0.29, 0.717) is 16.3 Å². The summed E-state index contributed by atoms with van der Waals surface area (Å²) in [7, 11) is 0. The number of esters is 2. The fraction of sp³-hybridized carbons (Fsp3) is 0.227. The van der Waals surface area contributed by atoms with E-state index in [1.54, 1.807) is 36.6 Å². The number of amides is 1. The van der Waals surface area contributed by atoms with Crippen molar-refractivity contribution in [3.05, 3.63) is 58.3 Å². The number of hydrogen-bond acceptors (Lipinski definition) is 9. The van der Waals surface area contributed by atoms with Crippen molar-refractivity contribution in [2.24, 2.45) is 0 Å². The van der Waals surface area contributed by atoms with Gasteiger partial charge >= 0.3 is 11.9 Å². The maximum Gasteiger partial charge on any atom is 0.341 e. The first-order valence-electron chi connectivity index (χ1n) is 9.78. The predicted octanol–water partition coefficient (Wildman–Crippen LogP) is 3.85. The molecule has 0 bridgehead atoms. The highest BCUT2D eigenvalue weighted by Crippen LogP contribution is 2.38. The van der Waals surface area contributed by atoms with Gasteiger partial charge < -0.3 is 25.2 Å². The Labute approximate surface area is 192 Å². The van der Waals surface area contributed by atoms with Crippen LogP contribution in [-0.4, -0.2) is 49.3 Å². The molecule has 168 valence electrons. The van der Waals surface area contributed by atoms with Crippen molar-refractivity contribution < 1.29 is 29.0 Å². The topological polar surface area (TPSA) is 114 Å². The van der Waals surface area contributed by atoms with Gasteiger partial charge in [0.2, 0.25) is 0 Å².